The van der Waals surface area contributed by atoms with E-state index in [1.807, 2.05) is 24.0 Å². The topological polar surface area (TPSA) is 66.5 Å². The van der Waals surface area contributed by atoms with Gasteiger partial charge in [-0.05, 0) is 57.3 Å². The van der Waals surface area contributed by atoms with E-state index in [-0.39, 0.29) is 17.9 Å². The Morgan fingerprint density at radius 3 is 2.48 bits per heavy atom. The first-order valence-corrected chi connectivity index (χ1v) is 10.9. The molecule has 1 aromatic carbocycles. The molecular formula is C19H28N2O3S. The number of hydrogen-bond acceptors (Lipinski definition) is 4. The standard InChI is InChI=1S/C19H28N2O3S/c1-14-6-4-5-7-17(14)16-12-15(2)21(13-16)18(22)19(25(3,23)24)8-10-20-11-9-19/h4-7,15-16,20H,8-13H2,1-3H3. The van der Waals surface area contributed by atoms with Gasteiger partial charge in [-0.25, -0.2) is 8.42 Å². The molecule has 2 heterocycles. The predicted molar refractivity (Wildman–Crippen MR) is 99.4 cm³/mol. The molecule has 1 aromatic rings. The maximum Gasteiger partial charge on any atom is 0.244 e. The molecule has 5 nitrogen and oxygen atoms in total. The van der Waals surface area contributed by atoms with E-state index in [4.69, 9.17) is 0 Å². The van der Waals surface area contributed by atoms with Gasteiger partial charge in [-0.2, -0.15) is 0 Å². The SMILES string of the molecule is Cc1ccccc1C1CC(C)N(C(=O)C2(S(C)(=O)=O)CCNCC2)C1. The molecular weight excluding hydrogens is 336 g/mol. The van der Waals surface area contributed by atoms with Crippen molar-refractivity contribution in [1.29, 1.82) is 0 Å². The van der Waals surface area contributed by atoms with Crippen molar-refractivity contribution in [3.63, 3.8) is 0 Å². The lowest BCUT2D eigenvalue weighted by atomic mass is 9.93. The zero-order chi connectivity index (χ0) is 18.2. The molecule has 25 heavy (non-hydrogen) atoms. The van der Waals surface area contributed by atoms with Gasteiger partial charge in [0, 0.05) is 24.8 Å². The Labute approximate surface area is 150 Å². The fourth-order valence-corrected chi connectivity index (χ4v) is 5.80. The molecule has 0 aliphatic carbocycles. The zero-order valence-electron chi connectivity index (χ0n) is 15.3. The summed E-state index contributed by atoms with van der Waals surface area (Å²) in [5.41, 5.74) is 2.50. The Morgan fingerprint density at radius 2 is 1.88 bits per heavy atom. The number of nitrogens with zero attached hydrogens (tertiary/aromatic N) is 1. The minimum atomic E-state index is -3.47. The Kier molecular flexibility index (Phi) is 4.95. The van der Waals surface area contributed by atoms with Crippen LogP contribution in [0, 0.1) is 6.92 Å². The van der Waals surface area contributed by atoms with Crippen LogP contribution in [0.1, 0.15) is 43.2 Å². The van der Waals surface area contributed by atoms with Gasteiger partial charge in [-0.3, -0.25) is 4.79 Å². The summed E-state index contributed by atoms with van der Waals surface area (Å²) < 4.78 is 23.8. The van der Waals surface area contributed by atoms with Crippen LogP contribution in [-0.2, 0) is 14.6 Å². The van der Waals surface area contributed by atoms with Crippen LogP contribution in [0.25, 0.3) is 0 Å². The second-order valence-corrected chi connectivity index (χ2v) is 9.94. The summed E-state index contributed by atoms with van der Waals surface area (Å²) in [4.78, 5) is 15.2. The van der Waals surface area contributed by atoms with Gasteiger partial charge >= 0.3 is 0 Å². The average Bonchev–Trinajstić information content (AvgIpc) is 2.95. The quantitative estimate of drug-likeness (QED) is 0.889. The van der Waals surface area contributed by atoms with Gasteiger partial charge in [0.2, 0.25) is 5.91 Å². The summed E-state index contributed by atoms with van der Waals surface area (Å²) >= 11 is 0. The molecule has 3 rings (SSSR count). The number of amides is 1. The number of benzene rings is 1. The minimum Gasteiger partial charge on any atom is -0.338 e. The summed E-state index contributed by atoms with van der Waals surface area (Å²) in [6, 6.07) is 8.33. The molecule has 0 spiro atoms. The van der Waals surface area contributed by atoms with Crippen molar-refractivity contribution < 1.29 is 13.2 Å². The molecule has 0 radical (unpaired) electrons. The van der Waals surface area contributed by atoms with Crippen molar-refractivity contribution in [2.45, 2.75) is 49.8 Å². The van der Waals surface area contributed by atoms with Gasteiger partial charge in [-0.15, -0.1) is 0 Å². The summed E-state index contributed by atoms with van der Waals surface area (Å²) in [6.45, 7) is 5.88. The molecule has 1 amide bonds. The largest absolute Gasteiger partial charge is 0.338 e. The Balaban J connectivity index is 1.88. The molecule has 2 aliphatic heterocycles. The first kappa shape index (κ1) is 18.4. The number of carbonyl (C=O) groups excluding carboxylic acids is 1. The van der Waals surface area contributed by atoms with E-state index in [0.29, 0.717) is 32.5 Å². The van der Waals surface area contributed by atoms with Gasteiger partial charge in [0.05, 0.1) is 0 Å². The van der Waals surface area contributed by atoms with Gasteiger partial charge in [-0.1, -0.05) is 24.3 Å². The van der Waals surface area contributed by atoms with Gasteiger partial charge in [0.25, 0.3) is 0 Å². The number of likely N-dealkylation sites (tertiary alicyclic amines) is 1. The molecule has 2 saturated heterocycles. The van der Waals surface area contributed by atoms with Crippen LogP contribution in [0.3, 0.4) is 0 Å². The monoisotopic (exact) mass is 364 g/mol. The molecule has 0 aromatic heterocycles. The van der Waals surface area contributed by atoms with Crippen LogP contribution >= 0.6 is 0 Å². The minimum absolute atomic E-state index is 0.0608. The molecule has 2 atom stereocenters. The molecule has 1 N–H and O–H groups in total. The third-order valence-corrected chi connectivity index (χ3v) is 7.98. The summed E-state index contributed by atoms with van der Waals surface area (Å²) in [5, 5.41) is 3.18. The van der Waals surface area contributed by atoms with Crippen molar-refractivity contribution in [2.24, 2.45) is 0 Å². The van der Waals surface area contributed by atoms with E-state index in [9.17, 15) is 13.2 Å². The van der Waals surface area contributed by atoms with Crippen LogP contribution in [0.15, 0.2) is 24.3 Å². The van der Waals surface area contributed by atoms with E-state index in [0.717, 1.165) is 6.42 Å². The highest BCUT2D eigenvalue weighted by atomic mass is 32.2. The lowest BCUT2D eigenvalue weighted by molar-refractivity contribution is -0.135. The molecule has 2 fully saturated rings. The van der Waals surface area contributed by atoms with E-state index >= 15 is 0 Å². The second-order valence-electron chi connectivity index (χ2n) is 7.61. The van der Waals surface area contributed by atoms with Crippen molar-refractivity contribution in [3.8, 4) is 0 Å². The third-order valence-electron chi connectivity index (χ3n) is 5.97. The van der Waals surface area contributed by atoms with E-state index in [1.54, 1.807) is 0 Å². The molecule has 0 saturated carbocycles. The third kappa shape index (κ3) is 3.22. The smallest absolute Gasteiger partial charge is 0.244 e. The number of hydrogen-bond donors (Lipinski definition) is 1. The van der Waals surface area contributed by atoms with E-state index in [2.05, 4.69) is 24.4 Å². The average molecular weight is 365 g/mol. The fourth-order valence-electron chi connectivity index (χ4n) is 4.42. The number of piperidine rings is 1. The molecule has 0 bridgehead atoms. The van der Waals surface area contributed by atoms with Crippen LogP contribution in [0.2, 0.25) is 0 Å². The highest BCUT2D eigenvalue weighted by molar-refractivity contribution is 7.92. The molecule has 6 heteroatoms. The van der Waals surface area contributed by atoms with Crippen LogP contribution < -0.4 is 5.32 Å². The van der Waals surface area contributed by atoms with Crippen LogP contribution in [0.4, 0.5) is 0 Å². The zero-order valence-corrected chi connectivity index (χ0v) is 16.1. The highest BCUT2D eigenvalue weighted by Crippen LogP contribution is 2.38. The first-order chi connectivity index (χ1) is 11.8. The van der Waals surface area contributed by atoms with E-state index in [1.165, 1.54) is 17.4 Å². The number of nitrogens with one attached hydrogen (secondary N) is 1. The van der Waals surface area contributed by atoms with Crippen molar-refractivity contribution in [1.82, 2.24) is 10.2 Å². The maximum atomic E-state index is 13.4. The fraction of sp³-hybridized carbons (Fsp3) is 0.632. The van der Waals surface area contributed by atoms with Crippen LogP contribution in [-0.4, -0.2) is 55.9 Å². The molecule has 2 unspecified atom stereocenters. The number of aryl methyl sites for hydroxylation is 1. The second kappa shape index (κ2) is 6.72. The molecule has 138 valence electrons. The van der Waals surface area contributed by atoms with Crippen molar-refractivity contribution in [3.05, 3.63) is 35.4 Å². The molecule has 2 aliphatic rings. The number of sulfone groups is 1. The van der Waals surface area contributed by atoms with Crippen LogP contribution in [0.5, 0.6) is 0 Å². The first-order valence-electron chi connectivity index (χ1n) is 9.03. The summed E-state index contributed by atoms with van der Waals surface area (Å²) in [7, 11) is -3.47. The van der Waals surface area contributed by atoms with E-state index < -0.39 is 14.6 Å². The van der Waals surface area contributed by atoms with Crippen molar-refractivity contribution >= 4 is 15.7 Å². The van der Waals surface area contributed by atoms with Gasteiger partial charge < -0.3 is 10.2 Å². The van der Waals surface area contributed by atoms with Crippen molar-refractivity contribution in [2.75, 3.05) is 25.9 Å². The Morgan fingerprint density at radius 1 is 1.24 bits per heavy atom. The van der Waals surface area contributed by atoms with Gasteiger partial charge in [0.15, 0.2) is 14.6 Å². The Hall–Kier alpha value is -1.40. The normalized spacial score (nSPS) is 26.6. The lowest BCUT2D eigenvalue weighted by Crippen LogP contribution is -2.58. The number of carbonyl (C=O) groups is 1. The summed E-state index contributed by atoms with van der Waals surface area (Å²) in [6.07, 6.45) is 2.83. The highest BCUT2D eigenvalue weighted by Gasteiger charge is 2.52. The summed E-state index contributed by atoms with van der Waals surface area (Å²) in [5.74, 6) is 0.0820. The predicted octanol–water partition coefficient (Wildman–Crippen LogP) is 1.87. The lowest BCUT2D eigenvalue weighted by Gasteiger charge is -2.38. The van der Waals surface area contributed by atoms with Gasteiger partial charge in [0.1, 0.15) is 0 Å². The Bertz CT molecular complexity index is 754. The maximum absolute atomic E-state index is 13.4. The number of rotatable bonds is 3.